The quantitative estimate of drug-likeness (QED) is 0.683. The lowest BCUT2D eigenvalue weighted by atomic mass is 9.91. The minimum Gasteiger partial charge on any atom is -0.349 e. The first-order chi connectivity index (χ1) is 14.5. The first-order valence-corrected chi connectivity index (χ1v) is 9.83. The molecule has 10 heteroatoms. The fourth-order valence-corrected chi connectivity index (χ4v) is 3.58. The van der Waals surface area contributed by atoms with Gasteiger partial charge in [0.25, 0.3) is 11.8 Å². The molecule has 1 aliphatic carbocycles. The Labute approximate surface area is 180 Å². The van der Waals surface area contributed by atoms with Gasteiger partial charge in [-0.2, -0.15) is 13.2 Å². The molecule has 6 nitrogen and oxygen atoms in total. The number of hydrogen-bond acceptors (Lipinski definition) is 3. The number of urea groups is 1. The number of nitrogens with one attached hydrogen (secondary N) is 2. The molecule has 1 atom stereocenters. The van der Waals surface area contributed by atoms with Gasteiger partial charge in [0.15, 0.2) is 0 Å². The molecule has 2 N–H and O–H groups in total. The lowest BCUT2D eigenvalue weighted by Crippen LogP contribution is -2.41. The van der Waals surface area contributed by atoms with Crippen LogP contribution in [0, 0.1) is 0 Å². The Morgan fingerprint density at radius 1 is 1.16 bits per heavy atom. The molecule has 0 spiro atoms. The maximum atomic E-state index is 13.2. The average molecular weight is 452 g/mol. The highest BCUT2D eigenvalue weighted by Crippen LogP contribution is 2.36. The monoisotopic (exact) mass is 451 g/mol. The first kappa shape index (κ1) is 21.2. The molecule has 4 amide bonds. The number of anilines is 1. The molecule has 1 saturated heterocycles. The van der Waals surface area contributed by atoms with Gasteiger partial charge in [-0.05, 0) is 55.7 Å². The number of alkyl halides is 3. The molecule has 0 radical (unpaired) electrons. The summed E-state index contributed by atoms with van der Waals surface area (Å²) in [5, 5.41) is 5.49. The van der Waals surface area contributed by atoms with E-state index in [4.69, 9.17) is 11.6 Å². The summed E-state index contributed by atoms with van der Waals surface area (Å²) in [5.74, 6) is -1.10. The maximum absolute atomic E-state index is 13.2. The van der Waals surface area contributed by atoms with Gasteiger partial charge in [-0.15, -0.1) is 0 Å². The van der Waals surface area contributed by atoms with Crippen LogP contribution in [0.15, 0.2) is 42.5 Å². The molecule has 1 aliphatic heterocycles. The molecule has 2 aliphatic rings. The van der Waals surface area contributed by atoms with Crippen LogP contribution in [0.2, 0.25) is 5.02 Å². The van der Waals surface area contributed by atoms with Gasteiger partial charge in [0.05, 0.1) is 21.8 Å². The van der Waals surface area contributed by atoms with E-state index in [2.05, 4.69) is 10.6 Å². The van der Waals surface area contributed by atoms with Crippen LogP contribution >= 0.6 is 11.6 Å². The van der Waals surface area contributed by atoms with Crippen molar-refractivity contribution in [2.45, 2.75) is 37.5 Å². The van der Waals surface area contributed by atoms with Crippen LogP contribution in [0.4, 0.5) is 23.7 Å². The molecule has 0 aromatic heterocycles. The van der Waals surface area contributed by atoms with Gasteiger partial charge < -0.3 is 10.6 Å². The summed E-state index contributed by atoms with van der Waals surface area (Å²) >= 11 is 6.12. The van der Waals surface area contributed by atoms with E-state index < -0.39 is 35.1 Å². The number of benzene rings is 2. The van der Waals surface area contributed by atoms with Crippen LogP contribution in [0.25, 0.3) is 0 Å². The van der Waals surface area contributed by atoms with E-state index in [1.54, 1.807) is 0 Å². The van der Waals surface area contributed by atoms with Gasteiger partial charge in [0, 0.05) is 6.04 Å². The molecule has 0 bridgehead atoms. The van der Waals surface area contributed by atoms with Crippen molar-refractivity contribution in [3.63, 3.8) is 0 Å². The third kappa shape index (κ3) is 3.85. The third-order valence-electron chi connectivity index (χ3n) is 5.35. The highest BCUT2D eigenvalue weighted by atomic mass is 35.5. The summed E-state index contributed by atoms with van der Waals surface area (Å²) in [6, 6.07) is 7.52. The van der Waals surface area contributed by atoms with Crippen molar-refractivity contribution < 1.29 is 27.6 Å². The number of halogens is 4. The fourth-order valence-electron chi connectivity index (χ4n) is 3.38. The lowest BCUT2D eigenvalue weighted by Gasteiger charge is -2.23. The van der Waals surface area contributed by atoms with Crippen LogP contribution < -0.4 is 15.5 Å². The summed E-state index contributed by atoms with van der Waals surface area (Å²) in [7, 11) is 0. The Hall–Kier alpha value is -3.07. The van der Waals surface area contributed by atoms with Crippen molar-refractivity contribution in [1.29, 1.82) is 0 Å². The van der Waals surface area contributed by atoms with E-state index in [9.17, 15) is 27.6 Å². The number of hydrogen-bond donors (Lipinski definition) is 2. The normalized spacial score (nSPS) is 21.3. The van der Waals surface area contributed by atoms with Crippen LogP contribution in [0.5, 0.6) is 0 Å². The van der Waals surface area contributed by atoms with Crippen molar-refractivity contribution in [2.75, 3.05) is 4.90 Å². The highest BCUT2D eigenvalue weighted by molar-refractivity contribution is 6.34. The Morgan fingerprint density at radius 2 is 1.81 bits per heavy atom. The molecular formula is C21H17ClF3N3O3. The van der Waals surface area contributed by atoms with E-state index in [0.29, 0.717) is 0 Å². The predicted octanol–water partition coefficient (Wildman–Crippen LogP) is 4.22. The zero-order valence-electron chi connectivity index (χ0n) is 16.2. The van der Waals surface area contributed by atoms with Crippen molar-refractivity contribution in [2.24, 2.45) is 0 Å². The van der Waals surface area contributed by atoms with Crippen LogP contribution in [-0.4, -0.2) is 23.9 Å². The second-order valence-electron chi connectivity index (χ2n) is 7.68. The van der Waals surface area contributed by atoms with E-state index in [-0.39, 0.29) is 27.9 Å². The Balaban J connectivity index is 1.64. The van der Waals surface area contributed by atoms with E-state index in [1.165, 1.54) is 25.1 Å². The van der Waals surface area contributed by atoms with Gasteiger partial charge in [-0.1, -0.05) is 23.7 Å². The minimum atomic E-state index is -4.52. The van der Waals surface area contributed by atoms with Crippen LogP contribution in [-0.2, 0) is 16.5 Å². The van der Waals surface area contributed by atoms with Crippen molar-refractivity contribution >= 4 is 35.1 Å². The zero-order valence-corrected chi connectivity index (χ0v) is 17.0. The van der Waals surface area contributed by atoms with Crippen LogP contribution in [0.3, 0.4) is 0 Å². The highest BCUT2D eigenvalue weighted by Gasteiger charge is 2.50. The molecule has 2 aromatic carbocycles. The molecule has 162 valence electrons. The van der Waals surface area contributed by atoms with Crippen LogP contribution in [0.1, 0.15) is 41.3 Å². The Morgan fingerprint density at radius 3 is 2.39 bits per heavy atom. The van der Waals surface area contributed by atoms with Gasteiger partial charge in [-0.3, -0.25) is 9.59 Å². The van der Waals surface area contributed by atoms with Gasteiger partial charge >= 0.3 is 12.2 Å². The zero-order chi connectivity index (χ0) is 22.6. The SMILES string of the molecule is CC1(c2ccc(C(F)(F)F)cc2)NC(=O)N(c2ccc(Cl)c(C(=O)NC3CC3)c2)C1=O. The number of carbonyl (C=O) groups is 3. The standard InChI is InChI=1S/C21H17ClF3N3O3/c1-20(11-2-4-12(5-3-11)21(23,24)25)18(30)28(19(31)27-20)14-8-9-16(22)15(10-14)17(29)26-13-6-7-13/h2-5,8-10,13H,6-7H2,1H3,(H,26,29)(H,27,31). The van der Waals surface area contributed by atoms with E-state index >= 15 is 0 Å². The molecule has 2 aromatic rings. The molecule has 2 fully saturated rings. The molecule has 1 unspecified atom stereocenters. The smallest absolute Gasteiger partial charge is 0.349 e. The number of rotatable bonds is 4. The molecule has 1 saturated carbocycles. The van der Waals surface area contributed by atoms with E-state index in [1.807, 2.05) is 0 Å². The molecule has 4 rings (SSSR count). The van der Waals surface area contributed by atoms with Gasteiger partial charge in [0.2, 0.25) is 0 Å². The number of amides is 4. The van der Waals surface area contributed by atoms with Crippen molar-refractivity contribution in [3.8, 4) is 0 Å². The number of carbonyl (C=O) groups excluding carboxylic acids is 3. The summed E-state index contributed by atoms with van der Waals surface area (Å²) < 4.78 is 38.5. The van der Waals surface area contributed by atoms with Crippen molar-refractivity contribution in [3.05, 3.63) is 64.2 Å². The molecule has 1 heterocycles. The number of nitrogens with zero attached hydrogens (tertiary/aromatic N) is 1. The second kappa shape index (κ2) is 7.26. The third-order valence-corrected chi connectivity index (χ3v) is 5.68. The lowest BCUT2D eigenvalue weighted by molar-refractivity contribution is -0.137. The fraction of sp³-hybridized carbons (Fsp3) is 0.286. The van der Waals surface area contributed by atoms with Crippen molar-refractivity contribution in [1.82, 2.24) is 10.6 Å². The minimum absolute atomic E-state index is 0.0897. The second-order valence-corrected chi connectivity index (χ2v) is 8.09. The summed E-state index contributed by atoms with van der Waals surface area (Å²) in [4.78, 5) is 39.1. The first-order valence-electron chi connectivity index (χ1n) is 9.45. The Kier molecular flexibility index (Phi) is 4.96. The summed E-state index contributed by atoms with van der Waals surface area (Å²) in [6.07, 6.45) is -2.77. The molecule has 31 heavy (non-hydrogen) atoms. The Bertz CT molecular complexity index is 1080. The largest absolute Gasteiger partial charge is 0.416 e. The van der Waals surface area contributed by atoms with E-state index in [0.717, 1.165) is 42.0 Å². The van der Waals surface area contributed by atoms with Gasteiger partial charge in [-0.25, -0.2) is 9.69 Å². The predicted molar refractivity (Wildman–Crippen MR) is 107 cm³/mol. The van der Waals surface area contributed by atoms with Gasteiger partial charge in [0.1, 0.15) is 5.54 Å². The summed E-state index contributed by atoms with van der Waals surface area (Å²) in [6.45, 7) is 1.41. The molecular weight excluding hydrogens is 435 g/mol. The summed E-state index contributed by atoms with van der Waals surface area (Å²) in [5.41, 5.74) is -1.99. The average Bonchev–Trinajstić information content (AvgIpc) is 3.48. The topological polar surface area (TPSA) is 78.5 Å². The maximum Gasteiger partial charge on any atom is 0.416 e. The number of imide groups is 1.